The molecule has 0 bridgehead atoms. The number of furan rings is 1. The van der Waals surface area contributed by atoms with Crippen LogP contribution in [0.25, 0.3) is 0 Å². The quantitative estimate of drug-likeness (QED) is 0.798. The molecule has 1 aliphatic heterocycles. The topological polar surface area (TPSA) is 68.7 Å². The summed E-state index contributed by atoms with van der Waals surface area (Å²) in [5.41, 5.74) is 5.43. The van der Waals surface area contributed by atoms with Crippen molar-refractivity contribution in [2.75, 3.05) is 26.3 Å². The Kier molecular flexibility index (Phi) is 3.58. The second-order valence-electron chi connectivity index (χ2n) is 3.73. The average Bonchev–Trinajstić information content (AvgIpc) is 2.62. The van der Waals surface area contributed by atoms with Crippen LogP contribution in [0.4, 0.5) is 0 Å². The molecule has 1 fully saturated rings. The molecule has 1 aliphatic rings. The molecule has 0 aliphatic carbocycles. The fraction of sp³-hybridized carbons (Fsp3) is 0.545. The standard InChI is InChI=1S/C11H16N2O3/c12-8-9-2-3-10(16-9)11(14)13-4-1-6-15-7-5-13/h2-3H,1,4-8,12H2. The lowest BCUT2D eigenvalue weighted by atomic mass is 10.3. The maximum absolute atomic E-state index is 12.0. The van der Waals surface area contributed by atoms with Crippen molar-refractivity contribution >= 4 is 5.91 Å². The Morgan fingerprint density at radius 1 is 1.38 bits per heavy atom. The largest absolute Gasteiger partial charge is 0.455 e. The van der Waals surface area contributed by atoms with Crippen molar-refractivity contribution in [3.63, 3.8) is 0 Å². The first-order valence-corrected chi connectivity index (χ1v) is 5.47. The van der Waals surface area contributed by atoms with Crippen molar-refractivity contribution in [3.05, 3.63) is 23.7 Å². The maximum atomic E-state index is 12.0. The van der Waals surface area contributed by atoms with Crippen LogP contribution >= 0.6 is 0 Å². The fourth-order valence-electron chi connectivity index (χ4n) is 1.71. The summed E-state index contributed by atoms with van der Waals surface area (Å²) in [4.78, 5) is 13.8. The Balaban J connectivity index is 2.05. The van der Waals surface area contributed by atoms with E-state index in [9.17, 15) is 4.79 Å². The minimum Gasteiger partial charge on any atom is -0.455 e. The van der Waals surface area contributed by atoms with Crippen LogP contribution in [0, 0.1) is 0 Å². The van der Waals surface area contributed by atoms with E-state index in [0.29, 0.717) is 31.2 Å². The van der Waals surface area contributed by atoms with Crippen LogP contribution in [0.3, 0.4) is 0 Å². The van der Waals surface area contributed by atoms with E-state index in [4.69, 9.17) is 14.9 Å². The highest BCUT2D eigenvalue weighted by Crippen LogP contribution is 2.11. The van der Waals surface area contributed by atoms with Gasteiger partial charge in [0.15, 0.2) is 5.76 Å². The number of ether oxygens (including phenoxy) is 1. The minimum atomic E-state index is -0.0785. The summed E-state index contributed by atoms with van der Waals surface area (Å²) >= 11 is 0. The van der Waals surface area contributed by atoms with E-state index in [0.717, 1.165) is 19.6 Å². The van der Waals surface area contributed by atoms with Gasteiger partial charge in [-0.05, 0) is 18.6 Å². The van der Waals surface area contributed by atoms with Crippen LogP contribution in [0.1, 0.15) is 22.7 Å². The van der Waals surface area contributed by atoms with Gasteiger partial charge < -0.3 is 19.8 Å². The zero-order valence-electron chi connectivity index (χ0n) is 9.15. The molecule has 0 spiro atoms. The van der Waals surface area contributed by atoms with Gasteiger partial charge in [-0.15, -0.1) is 0 Å². The summed E-state index contributed by atoms with van der Waals surface area (Å²) in [6.07, 6.45) is 0.871. The molecule has 1 saturated heterocycles. The van der Waals surface area contributed by atoms with E-state index in [1.54, 1.807) is 17.0 Å². The van der Waals surface area contributed by atoms with Crippen molar-refractivity contribution in [1.82, 2.24) is 4.90 Å². The number of rotatable bonds is 2. The molecule has 2 heterocycles. The molecule has 5 heteroatoms. The number of hydrogen-bond acceptors (Lipinski definition) is 4. The lowest BCUT2D eigenvalue weighted by Gasteiger charge is -2.17. The van der Waals surface area contributed by atoms with Crippen molar-refractivity contribution in [1.29, 1.82) is 0 Å². The molecule has 1 aromatic heterocycles. The first-order chi connectivity index (χ1) is 7.81. The highest BCUT2D eigenvalue weighted by Gasteiger charge is 2.20. The molecule has 1 aromatic rings. The van der Waals surface area contributed by atoms with Gasteiger partial charge in [0.25, 0.3) is 5.91 Å². The van der Waals surface area contributed by atoms with Crippen molar-refractivity contribution in [2.45, 2.75) is 13.0 Å². The third-order valence-electron chi connectivity index (χ3n) is 2.58. The molecule has 5 nitrogen and oxygen atoms in total. The Hall–Kier alpha value is -1.33. The van der Waals surface area contributed by atoms with Gasteiger partial charge in [0.1, 0.15) is 5.76 Å². The number of hydrogen-bond donors (Lipinski definition) is 1. The molecule has 1 amide bonds. The number of nitrogens with two attached hydrogens (primary N) is 1. The highest BCUT2D eigenvalue weighted by atomic mass is 16.5. The monoisotopic (exact) mass is 224 g/mol. The molecular formula is C11H16N2O3. The first-order valence-electron chi connectivity index (χ1n) is 5.47. The predicted molar refractivity (Wildman–Crippen MR) is 57.9 cm³/mol. The molecule has 2 rings (SSSR count). The van der Waals surface area contributed by atoms with Crippen LogP contribution in [0.5, 0.6) is 0 Å². The molecule has 0 aromatic carbocycles. The van der Waals surface area contributed by atoms with Crippen molar-refractivity contribution in [2.24, 2.45) is 5.73 Å². The molecule has 0 saturated carbocycles. The lowest BCUT2D eigenvalue weighted by Crippen LogP contribution is -2.32. The van der Waals surface area contributed by atoms with E-state index < -0.39 is 0 Å². The van der Waals surface area contributed by atoms with Crippen molar-refractivity contribution in [3.8, 4) is 0 Å². The van der Waals surface area contributed by atoms with Crippen molar-refractivity contribution < 1.29 is 13.9 Å². The number of amides is 1. The first kappa shape index (κ1) is 11.2. The van der Waals surface area contributed by atoms with E-state index in [1.165, 1.54) is 0 Å². The predicted octanol–water partition coefficient (Wildman–Crippen LogP) is 0.601. The summed E-state index contributed by atoms with van der Waals surface area (Å²) < 4.78 is 10.6. The zero-order valence-corrected chi connectivity index (χ0v) is 9.15. The minimum absolute atomic E-state index is 0.0785. The maximum Gasteiger partial charge on any atom is 0.289 e. The van der Waals surface area contributed by atoms with Gasteiger partial charge in [0.05, 0.1) is 13.2 Å². The van der Waals surface area contributed by atoms with E-state index in [2.05, 4.69) is 0 Å². The second-order valence-corrected chi connectivity index (χ2v) is 3.73. The Morgan fingerprint density at radius 3 is 3.00 bits per heavy atom. The summed E-state index contributed by atoms with van der Waals surface area (Å²) in [5.74, 6) is 0.918. The van der Waals surface area contributed by atoms with Gasteiger partial charge in [-0.2, -0.15) is 0 Å². The Labute approximate surface area is 94.1 Å². The number of nitrogens with zero attached hydrogens (tertiary/aromatic N) is 1. The van der Waals surface area contributed by atoms with Crippen LogP contribution in [-0.2, 0) is 11.3 Å². The lowest BCUT2D eigenvalue weighted by molar-refractivity contribution is 0.0708. The number of carbonyl (C=O) groups is 1. The summed E-state index contributed by atoms with van der Waals surface area (Å²) in [7, 11) is 0. The average molecular weight is 224 g/mol. The fourth-order valence-corrected chi connectivity index (χ4v) is 1.71. The molecule has 88 valence electrons. The van der Waals surface area contributed by atoms with Crippen LogP contribution in [0.15, 0.2) is 16.5 Å². The second kappa shape index (κ2) is 5.14. The molecule has 0 unspecified atom stereocenters. The molecule has 16 heavy (non-hydrogen) atoms. The Bertz CT molecular complexity index is 354. The van der Waals surface area contributed by atoms with Gasteiger partial charge in [0, 0.05) is 19.7 Å². The number of carbonyl (C=O) groups excluding carboxylic acids is 1. The van der Waals surface area contributed by atoms with Crippen LogP contribution in [0.2, 0.25) is 0 Å². The van der Waals surface area contributed by atoms with Crippen LogP contribution < -0.4 is 5.73 Å². The highest BCUT2D eigenvalue weighted by molar-refractivity contribution is 5.91. The third kappa shape index (κ3) is 2.43. The molecule has 0 atom stereocenters. The Morgan fingerprint density at radius 2 is 2.25 bits per heavy atom. The molecule has 2 N–H and O–H groups in total. The van der Waals surface area contributed by atoms with Gasteiger partial charge in [-0.25, -0.2) is 0 Å². The van der Waals surface area contributed by atoms with Crippen LogP contribution in [-0.4, -0.2) is 37.1 Å². The van der Waals surface area contributed by atoms with Gasteiger partial charge >= 0.3 is 0 Å². The SMILES string of the molecule is NCc1ccc(C(=O)N2CCCOCC2)o1. The van der Waals surface area contributed by atoms with E-state index in [1.807, 2.05) is 0 Å². The zero-order chi connectivity index (χ0) is 11.4. The normalized spacial score (nSPS) is 17.2. The van der Waals surface area contributed by atoms with Gasteiger partial charge in [-0.1, -0.05) is 0 Å². The summed E-state index contributed by atoms with van der Waals surface area (Å²) in [5, 5.41) is 0. The summed E-state index contributed by atoms with van der Waals surface area (Å²) in [6, 6.07) is 3.41. The van der Waals surface area contributed by atoms with Gasteiger partial charge in [0.2, 0.25) is 0 Å². The molecule has 0 radical (unpaired) electrons. The summed E-state index contributed by atoms with van der Waals surface area (Å²) in [6.45, 7) is 2.97. The van der Waals surface area contributed by atoms with E-state index >= 15 is 0 Å². The third-order valence-corrected chi connectivity index (χ3v) is 2.58. The smallest absolute Gasteiger partial charge is 0.289 e. The van der Waals surface area contributed by atoms with E-state index in [-0.39, 0.29) is 5.91 Å². The van der Waals surface area contributed by atoms with Gasteiger partial charge in [-0.3, -0.25) is 4.79 Å². The molecular weight excluding hydrogens is 208 g/mol.